The summed E-state index contributed by atoms with van der Waals surface area (Å²) in [5.41, 5.74) is 1.44. The molecule has 0 unspecified atom stereocenters. The summed E-state index contributed by atoms with van der Waals surface area (Å²) in [5, 5.41) is 2.01. The monoisotopic (exact) mass is 432 g/mol. The highest BCUT2D eigenvalue weighted by Crippen LogP contribution is 2.22. The predicted molar refractivity (Wildman–Crippen MR) is 121 cm³/mol. The summed E-state index contributed by atoms with van der Waals surface area (Å²) in [6.45, 7) is 13.1. The molecule has 2 amide bonds. The Bertz CT molecular complexity index is 853. The standard InChI is InChI=1S/C24H33FN2O2S/c1-17(2)13-27(23(29)24(4,5)6)16-22(28)26(15-21-18(3)11-12-30-21)14-19-7-9-20(25)10-8-19/h7-12,17H,13-16H2,1-6H3. The summed E-state index contributed by atoms with van der Waals surface area (Å²) in [7, 11) is 0. The third kappa shape index (κ3) is 6.94. The minimum Gasteiger partial charge on any atom is -0.333 e. The van der Waals surface area contributed by atoms with Crippen molar-refractivity contribution in [1.29, 1.82) is 0 Å². The molecule has 2 aromatic rings. The number of hydrogen-bond donors (Lipinski definition) is 0. The van der Waals surface area contributed by atoms with Gasteiger partial charge in [-0.25, -0.2) is 4.39 Å². The van der Waals surface area contributed by atoms with E-state index in [2.05, 4.69) is 0 Å². The van der Waals surface area contributed by atoms with Crippen molar-refractivity contribution in [3.05, 3.63) is 57.5 Å². The van der Waals surface area contributed by atoms with Crippen molar-refractivity contribution in [3.63, 3.8) is 0 Å². The second kappa shape index (κ2) is 10.2. The molecule has 1 aromatic carbocycles. The molecular formula is C24H33FN2O2S. The maximum atomic E-state index is 13.3. The van der Waals surface area contributed by atoms with E-state index < -0.39 is 5.41 Å². The summed E-state index contributed by atoms with van der Waals surface area (Å²) in [5.74, 6) is -0.178. The molecule has 0 fully saturated rings. The Kier molecular flexibility index (Phi) is 8.18. The normalized spacial score (nSPS) is 11.6. The highest BCUT2D eigenvalue weighted by Gasteiger charge is 2.30. The average molecular weight is 433 g/mol. The van der Waals surface area contributed by atoms with Crippen LogP contribution in [0.15, 0.2) is 35.7 Å². The number of halogens is 1. The number of amides is 2. The first kappa shape index (κ1) is 24.1. The molecule has 0 atom stereocenters. The van der Waals surface area contributed by atoms with E-state index in [-0.39, 0.29) is 30.1 Å². The average Bonchev–Trinajstić information content (AvgIpc) is 3.05. The number of benzene rings is 1. The molecule has 0 bridgehead atoms. The van der Waals surface area contributed by atoms with Crippen molar-refractivity contribution in [2.75, 3.05) is 13.1 Å². The van der Waals surface area contributed by atoms with Gasteiger partial charge in [-0.3, -0.25) is 9.59 Å². The van der Waals surface area contributed by atoms with Crippen molar-refractivity contribution >= 4 is 23.2 Å². The van der Waals surface area contributed by atoms with Gasteiger partial charge in [-0.05, 0) is 47.5 Å². The van der Waals surface area contributed by atoms with E-state index in [1.54, 1.807) is 33.3 Å². The Balaban J connectivity index is 2.25. The topological polar surface area (TPSA) is 40.6 Å². The van der Waals surface area contributed by atoms with Crippen LogP contribution < -0.4 is 0 Å². The molecular weight excluding hydrogens is 399 g/mol. The summed E-state index contributed by atoms with van der Waals surface area (Å²) in [6, 6.07) is 8.24. The Labute approximate surface area is 183 Å². The highest BCUT2D eigenvalue weighted by atomic mass is 32.1. The zero-order valence-corrected chi connectivity index (χ0v) is 19.7. The van der Waals surface area contributed by atoms with Crippen molar-refractivity contribution < 1.29 is 14.0 Å². The van der Waals surface area contributed by atoms with Crippen LogP contribution in [0.4, 0.5) is 4.39 Å². The van der Waals surface area contributed by atoms with Crippen molar-refractivity contribution in [1.82, 2.24) is 9.80 Å². The van der Waals surface area contributed by atoms with Gasteiger partial charge in [0.05, 0.1) is 13.1 Å². The van der Waals surface area contributed by atoms with Crippen LogP contribution in [0.1, 0.15) is 50.6 Å². The molecule has 2 rings (SSSR count). The molecule has 1 heterocycles. The van der Waals surface area contributed by atoms with Gasteiger partial charge < -0.3 is 9.80 Å². The molecule has 0 saturated heterocycles. The molecule has 164 valence electrons. The SMILES string of the molecule is Cc1ccsc1CN(Cc1ccc(F)cc1)C(=O)CN(CC(C)C)C(=O)C(C)(C)C. The number of carbonyl (C=O) groups is 2. The molecule has 4 nitrogen and oxygen atoms in total. The van der Waals surface area contributed by atoms with Gasteiger partial charge >= 0.3 is 0 Å². The van der Waals surface area contributed by atoms with Crippen LogP contribution in [-0.2, 0) is 22.7 Å². The van der Waals surface area contributed by atoms with Crippen LogP contribution >= 0.6 is 11.3 Å². The fraction of sp³-hybridized carbons (Fsp3) is 0.500. The van der Waals surface area contributed by atoms with E-state index in [0.29, 0.717) is 19.6 Å². The van der Waals surface area contributed by atoms with Crippen molar-refractivity contribution in [3.8, 4) is 0 Å². The lowest BCUT2D eigenvalue weighted by Crippen LogP contribution is -2.47. The van der Waals surface area contributed by atoms with Gasteiger partial charge in [-0.1, -0.05) is 46.8 Å². The molecule has 0 radical (unpaired) electrons. The van der Waals surface area contributed by atoms with Crippen LogP contribution in [0, 0.1) is 24.1 Å². The maximum absolute atomic E-state index is 13.3. The fourth-order valence-electron chi connectivity index (χ4n) is 3.18. The van der Waals surface area contributed by atoms with Crippen LogP contribution in [0.3, 0.4) is 0 Å². The van der Waals surface area contributed by atoms with E-state index in [1.165, 1.54) is 12.1 Å². The largest absolute Gasteiger partial charge is 0.333 e. The van der Waals surface area contributed by atoms with E-state index in [9.17, 15) is 14.0 Å². The predicted octanol–water partition coefficient (Wildman–Crippen LogP) is 5.26. The first-order valence-electron chi connectivity index (χ1n) is 10.3. The van der Waals surface area contributed by atoms with E-state index in [1.807, 2.05) is 53.0 Å². The molecule has 0 saturated carbocycles. The molecule has 0 aliphatic heterocycles. The van der Waals surface area contributed by atoms with Crippen LogP contribution in [0.25, 0.3) is 0 Å². The number of hydrogen-bond acceptors (Lipinski definition) is 3. The molecule has 0 aliphatic rings. The Hall–Kier alpha value is -2.21. The first-order chi connectivity index (χ1) is 14.0. The van der Waals surface area contributed by atoms with Gasteiger partial charge in [0.15, 0.2) is 0 Å². The smallest absolute Gasteiger partial charge is 0.242 e. The van der Waals surface area contributed by atoms with Gasteiger partial charge in [0.1, 0.15) is 5.82 Å². The number of rotatable bonds is 8. The second-order valence-electron chi connectivity index (χ2n) is 9.23. The summed E-state index contributed by atoms with van der Waals surface area (Å²) in [6.07, 6.45) is 0. The van der Waals surface area contributed by atoms with Crippen molar-refractivity contribution in [2.45, 2.75) is 54.6 Å². The number of thiophene rings is 1. The minimum absolute atomic E-state index is 0.0291. The zero-order valence-electron chi connectivity index (χ0n) is 18.9. The lowest BCUT2D eigenvalue weighted by Gasteiger charge is -2.32. The van der Waals surface area contributed by atoms with Gasteiger partial charge in [0.25, 0.3) is 0 Å². The molecule has 1 aromatic heterocycles. The quantitative estimate of drug-likeness (QED) is 0.571. The van der Waals surface area contributed by atoms with Crippen LogP contribution in [0.2, 0.25) is 0 Å². The van der Waals surface area contributed by atoms with Crippen molar-refractivity contribution in [2.24, 2.45) is 11.3 Å². The minimum atomic E-state index is -0.554. The first-order valence-corrected chi connectivity index (χ1v) is 11.2. The summed E-state index contributed by atoms with van der Waals surface area (Å²) >= 11 is 1.61. The fourth-order valence-corrected chi connectivity index (χ4v) is 4.10. The second-order valence-corrected chi connectivity index (χ2v) is 10.2. The van der Waals surface area contributed by atoms with Gasteiger partial charge in [-0.2, -0.15) is 0 Å². The molecule has 0 aliphatic carbocycles. The Morgan fingerprint density at radius 3 is 2.17 bits per heavy atom. The number of nitrogens with zero attached hydrogens (tertiary/aromatic N) is 2. The number of carbonyl (C=O) groups excluding carboxylic acids is 2. The third-order valence-electron chi connectivity index (χ3n) is 4.78. The van der Waals surface area contributed by atoms with Crippen LogP contribution in [-0.4, -0.2) is 34.7 Å². The Morgan fingerprint density at radius 1 is 1.03 bits per heavy atom. The maximum Gasteiger partial charge on any atom is 0.242 e. The van der Waals surface area contributed by atoms with E-state index in [0.717, 1.165) is 16.0 Å². The summed E-state index contributed by atoms with van der Waals surface area (Å²) in [4.78, 5) is 30.8. The molecule has 0 spiro atoms. The number of aryl methyl sites for hydroxylation is 1. The highest BCUT2D eigenvalue weighted by molar-refractivity contribution is 7.10. The lowest BCUT2D eigenvalue weighted by atomic mass is 9.94. The van der Waals surface area contributed by atoms with Gasteiger partial charge in [0, 0.05) is 23.4 Å². The lowest BCUT2D eigenvalue weighted by molar-refractivity contribution is -0.146. The van der Waals surface area contributed by atoms with E-state index >= 15 is 0 Å². The van der Waals surface area contributed by atoms with Gasteiger partial charge in [0.2, 0.25) is 11.8 Å². The Morgan fingerprint density at radius 2 is 1.67 bits per heavy atom. The molecule has 6 heteroatoms. The summed E-state index contributed by atoms with van der Waals surface area (Å²) < 4.78 is 13.3. The third-order valence-corrected chi connectivity index (χ3v) is 5.79. The zero-order chi connectivity index (χ0) is 22.5. The van der Waals surface area contributed by atoms with Gasteiger partial charge in [-0.15, -0.1) is 11.3 Å². The molecule has 0 N–H and O–H groups in total. The van der Waals surface area contributed by atoms with Crippen LogP contribution in [0.5, 0.6) is 0 Å². The van der Waals surface area contributed by atoms with E-state index in [4.69, 9.17) is 0 Å². The molecule has 30 heavy (non-hydrogen) atoms.